The smallest absolute Gasteiger partial charge is 0.235 e. The monoisotopic (exact) mass is 1830 g/mol. The van der Waals surface area contributed by atoms with E-state index in [0.29, 0.717) is 17.8 Å². The molecule has 24 aromatic carbocycles. The number of benzene rings is 24. The van der Waals surface area contributed by atoms with Crippen molar-refractivity contribution in [2.45, 2.75) is 0 Å². The van der Waals surface area contributed by atoms with E-state index in [2.05, 4.69) is 420 Å². The van der Waals surface area contributed by atoms with Gasteiger partial charge in [0.25, 0.3) is 0 Å². The summed E-state index contributed by atoms with van der Waals surface area (Å²) < 4.78 is 26.9. The summed E-state index contributed by atoms with van der Waals surface area (Å²) in [5.74, 6) is 1.90. The third-order valence-electron chi connectivity index (χ3n) is 29.9. The van der Waals surface area contributed by atoms with E-state index in [-0.39, 0.29) is 0 Å². The van der Waals surface area contributed by atoms with Crippen molar-refractivity contribution in [3.8, 4) is 51.6 Å². The SMILES string of the molecule is c1ccc2c(c1)cc(-c1nc(-n3c4c5ccccc5ccc4c4ccc5ccccc5c43)nc3ccccc13)c1oc3ccccc3c12.c1ccc2c(c1)cc(-c1nc(-n3c4ccc5ccccc5c4c4c5ccccc5ccc43)nc3ccccc13)c1oc3ccccc3c12.c1ccc2cc3c(cc2c1)c1c2ccccc2ccc1n3-c1nc(-c2cc3ccccc3c3c2oc2ccccc23)c2ccccc2n1. The summed E-state index contributed by atoms with van der Waals surface area (Å²) >= 11 is 0. The lowest BCUT2D eigenvalue weighted by atomic mass is 9.97. The molecule has 0 fully saturated rings. The van der Waals surface area contributed by atoms with Gasteiger partial charge in [-0.3, -0.25) is 13.7 Å². The maximum atomic E-state index is 6.71. The van der Waals surface area contributed by atoms with Crippen LogP contribution in [-0.4, -0.2) is 43.6 Å². The van der Waals surface area contributed by atoms with Crippen molar-refractivity contribution in [3.05, 3.63) is 455 Å². The molecule has 9 aromatic heterocycles. The molecule has 33 rings (SSSR count). The van der Waals surface area contributed by atoms with Gasteiger partial charge < -0.3 is 13.3 Å². The van der Waals surface area contributed by atoms with Crippen molar-refractivity contribution in [1.82, 2.24) is 43.6 Å². The first-order valence-corrected chi connectivity index (χ1v) is 48.8. The molecule has 33 aromatic rings. The highest BCUT2D eigenvalue weighted by atomic mass is 16.3. The van der Waals surface area contributed by atoms with Crippen molar-refractivity contribution in [2.24, 2.45) is 0 Å². The molecule has 0 aliphatic carbocycles. The maximum absolute atomic E-state index is 6.71. The zero-order chi connectivity index (χ0) is 94.0. The molecule has 0 aliphatic heterocycles. The van der Waals surface area contributed by atoms with Crippen LogP contribution >= 0.6 is 0 Å². The van der Waals surface area contributed by atoms with Crippen LogP contribution in [0.15, 0.2) is 468 Å². The van der Waals surface area contributed by atoms with E-state index in [1.54, 1.807) is 0 Å². The highest BCUT2D eigenvalue weighted by Crippen LogP contribution is 2.51. The third kappa shape index (κ3) is 11.8. The van der Waals surface area contributed by atoms with Crippen LogP contribution in [0.4, 0.5) is 0 Å². The number of hydrogen-bond acceptors (Lipinski definition) is 9. The van der Waals surface area contributed by atoms with Crippen molar-refractivity contribution in [1.29, 1.82) is 0 Å². The van der Waals surface area contributed by atoms with Gasteiger partial charge in [0.05, 0.1) is 66.7 Å². The van der Waals surface area contributed by atoms with Gasteiger partial charge in [-0.1, -0.05) is 370 Å². The van der Waals surface area contributed by atoms with Crippen molar-refractivity contribution < 1.29 is 13.3 Å². The molecule has 12 heteroatoms. The highest BCUT2D eigenvalue weighted by Gasteiger charge is 2.30. The minimum Gasteiger partial charge on any atom is -0.455 e. The highest BCUT2D eigenvalue weighted by molar-refractivity contribution is 6.32. The fraction of sp³-hybridized carbons (Fsp3) is 0. The normalized spacial score (nSPS) is 12.2. The molecule has 9 heterocycles. The molecule has 0 saturated carbocycles. The fourth-order valence-electron chi connectivity index (χ4n) is 23.5. The first kappa shape index (κ1) is 79.5. The van der Waals surface area contributed by atoms with E-state index in [1.807, 2.05) is 48.5 Å². The summed E-state index contributed by atoms with van der Waals surface area (Å²) in [5.41, 5.74) is 19.7. The minimum absolute atomic E-state index is 0.631. The van der Waals surface area contributed by atoms with E-state index < -0.39 is 0 Å². The number of aromatic nitrogens is 9. The summed E-state index contributed by atoms with van der Waals surface area (Å²) in [6, 6.07) is 161. The number of hydrogen-bond donors (Lipinski definition) is 0. The van der Waals surface area contributed by atoms with Crippen LogP contribution < -0.4 is 0 Å². The number of rotatable bonds is 6. The second kappa shape index (κ2) is 31.0. The second-order valence-electron chi connectivity index (χ2n) is 37.6. The molecule has 0 bridgehead atoms. The summed E-state index contributed by atoms with van der Waals surface area (Å²) in [4.78, 5) is 32.4. The van der Waals surface area contributed by atoms with Crippen molar-refractivity contribution in [3.63, 3.8) is 0 Å². The Morgan fingerprint density at radius 2 is 0.410 bits per heavy atom. The topological polar surface area (TPSA) is 132 Å². The van der Waals surface area contributed by atoms with E-state index in [1.165, 1.54) is 113 Å². The van der Waals surface area contributed by atoms with E-state index >= 15 is 0 Å². The van der Waals surface area contributed by atoms with Crippen LogP contribution in [0.25, 0.3) is 313 Å². The predicted octanol–water partition coefficient (Wildman–Crippen LogP) is 35.3. The predicted molar refractivity (Wildman–Crippen MR) is 597 cm³/mol. The number of nitrogens with zero attached hydrogens (tertiary/aromatic N) is 9. The molecule has 0 N–H and O–H groups in total. The molecule has 12 nitrogen and oxygen atoms in total. The second-order valence-corrected chi connectivity index (χ2v) is 37.6. The lowest BCUT2D eigenvalue weighted by molar-refractivity contribution is 0.669. The summed E-state index contributed by atoms with van der Waals surface area (Å²) in [6.07, 6.45) is 0. The molecule has 0 amide bonds. The van der Waals surface area contributed by atoms with Crippen LogP contribution in [0.3, 0.4) is 0 Å². The first-order valence-electron chi connectivity index (χ1n) is 48.8. The fourth-order valence-corrected chi connectivity index (χ4v) is 23.5. The van der Waals surface area contributed by atoms with Gasteiger partial charge in [-0.25, -0.2) is 29.9 Å². The molecular formula is C132H75N9O3. The Morgan fingerprint density at radius 1 is 0.153 bits per heavy atom. The molecule has 0 saturated heterocycles. The van der Waals surface area contributed by atoms with Gasteiger partial charge in [-0.2, -0.15) is 0 Å². The van der Waals surface area contributed by atoms with Gasteiger partial charge in [-0.05, 0) is 171 Å². The zero-order valence-electron chi connectivity index (χ0n) is 77.1. The first-order chi connectivity index (χ1) is 71.4. The molecule has 0 spiro atoms. The Kier molecular flexibility index (Phi) is 17.1. The van der Waals surface area contributed by atoms with Gasteiger partial charge in [-0.15, -0.1) is 0 Å². The molecule has 666 valence electrons. The van der Waals surface area contributed by atoms with Gasteiger partial charge in [0.1, 0.15) is 33.5 Å². The number of furan rings is 3. The van der Waals surface area contributed by atoms with E-state index in [9.17, 15) is 0 Å². The number of fused-ring (bicyclic) bond motifs is 38. The van der Waals surface area contributed by atoms with Gasteiger partial charge in [0.2, 0.25) is 17.8 Å². The van der Waals surface area contributed by atoms with Crippen LogP contribution in [0.1, 0.15) is 0 Å². The quantitative estimate of drug-likeness (QED) is 0.160. The molecular weight excluding hydrogens is 1760 g/mol. The minimum atomic E-state index is 0.631. The summed E-state index contributed by atoms with van der Waals surface area (Å²) in [7, 11) is 0. The molecule has 0 atom stereocenters. The van der Waals surface area contributed by atoms with Gasteiger partial charge in [0, 0.05) is 108 Å². The number of para-hydroxylation sites is 6. The van der Waals surface area contributed by atoms with Gasteiger partial charge in [0.15, 0.2) is 0 Å². The van der Waals surface area contributed by atoms with Crippen molar-refractivity contribution in [2.75, 3.05) is 0 Å². The Hall–Kier alpha value is -19.6. The Morgan fingerprint density at radius 3 is 0.778 bits per heavy atom. The Bertz CT molecular complexity index is 11000. The van der Waals surface area contributed by atoms with Crippen molar-refractivity contribution >= 4 is 261 Å². The molecule has 0 radical (unpaired) electrons. The van der Waals surface area contributed by atoms with Gasteiger partial charge >= 0.3 is 0 Å². The van der Waals surface area contributed by atoms with Crippen LogP contribution in [0, 0.1) is 0 Å². The average molecular weight is 1840 g/mol. The average Bonchev–Trinajstić information content (AvgIpc) is 1.55. The van der Waals surface area contributed by atoms with E-state index in [0.717, 1.165) is 182 Å². The maximum Gasteiger partial charge on any atom is 0.235 e. The third-order valence-corrected chi connectivity index (χ3v) is 29.9. The standard InChI is InChI=1S/3C44H25N3O/c1-5-15-30-26(11-1)21-23-32-33-24-22-27-12-2-6-16-31(27)42(33)47(41(30)32)44-45-37-19-9-7-17-34(37)40(46-44)36-25-28-13-3-4-14-29(28)39-35-18-8-10-20-38(35)48-43(36)39;1-4-14-29-26(11-1)21-23-36-40(29)41-30-15-5-2-12-27(30)22-24-37(41)47(36)44-45-35-19-9-7-17-32(35)42(46-44)34-25-28-13-3-6-16-31(28)39-33-18-8-10-20-38(33)48-43(34)39;1-2-13-28-25-38-34(23-27(28)12-1)40-30-15-5-3-11-26(30)21-22-37(40)47(38)44-45-36-19-9-7-17-32(36)42(46-44)35-24-29-14-4-6-16-31(29)41-33-18-8-10-20-39(33)48-43(35)41/h3*1-25H. The van der Waals surface area contributed by atoms with Crippen LogP contribution in [0.5, 0.6) is 0 Å². The van der Waals surface area contributed by atoms with E-state index in [4.69, 9.17) is 43.2 Å². The Balaban J connectivity index is 0.0000000986. The summed E-state index contributed by atoms with van der Waals surface area (Å²) in [5, 5.41) is 38.0. The molecule has 0 unspecified atom stereocenters. The van der Waals surface area contributed by atoms with Crippen LogP contribution in [-0.2, 0) is 0 Å². The Labute approximate surface area is 818 Å². The summed E-state index contributed by atoms with van der Waals surface area (Å²) in [6.45, 7) is 0. The zero-order valence-corrected chi connectivity index (χ0v) is 77.1. The van der Waals surface area contributed by atoms with Crippen LogP contribution in [0.2, 0.25) is 0 Å². The molecule has 144 heavy (non-hydrogen) atoms. The lowest BCUT2D eigenvalue weighted by Crippen LogP contribution is -2.04. The molecule has 0 aliphatic rings. The largest absolute Gasteiger partial charge is 0.455 e. The lowest BCUT2D eigenvalue weighted by Gasteiger charge is -2.14.